The van der Waals surface area contributed by atoms with E-state index in [1.807, 2.05) is 24.3 Å². The van der Waals surface area contributed by atoms with Crippen LogP contribution in [-0.4, -0.2) is 22.4 Å². The lowest BCUT2D eigenvalue weighted by molar-refractivity contribution is 0.371. The van der Waals surface area contributed by atoms with E-state index in [0.29, 0.717) is 16.8 Å². The maximum atomic E-state index is 10.1. The molecule has 4 N–H and O–H groups in total. The Hall–Kier alpha value is -3.15. The lowest BCUT2D eigenvalue weighted by atomic mass is 9.83. The Morgan fingerprint density at radius 2 is 2.07 bits per heavy atom. The van der Waals surface area contributed by atoms with Crippen LogP contribution in [0, 0.1) is 11.3 Å². The summed E-state index contributed by atoms with van der Waals surface area (Å²) in [5.74, 6) is -0.381. The number of aromatic amines is 1. The SMILES string of the molecule is COc1cc(C2C(C#N)=C(N)Oc3n[nH]c(-c4ccc(Br)cc4)c32)cc(Cl)c1O. The number of phenolic OH excluding ortho intramolecular Hbond substituents is 1. The Bertz CT molecular complexity index is 1180. The van der Waals surface area contributed by atoms with E-state index in [2.05, 4.69) is 32.2 Å². The smallest absolute Gasteiger partial charge is 0.244 e. The number of hydrogen-bond donors (Lipinski definition) is 3. The highest BCUT2D eigenvalue weighted by Crippen LogP contribution is 2.48. The molecule has 9 heteroatoms. The van der Waals surface area contributed by atoms with Crippen LogP contribution in [0.4, 0.5) is 0 Å². The molecule has 2 aromatic carbocycles. The number of rotatable bonds is 3. The maximum Gasteiger partial charge on any atom is 0.244 e. The summed E-state index contributed by atoms with van der Waals surface area (Å²) < 4.78 is 11.7. The summed E-state index contributed by atoms with van der Waals surface area (Å²) in [6.45, 7) is 0. The fourth-order valence-electron chi connectivity index (χ4n) is 3.33. The summed E-state index contributed by atoms with van der Waals surface area (Å²) in [6, 6.07) is 12.9. The second kappa shape index (κ2) is 7.35. The van der Waals surface area contributed by atoms with Gasteiger partial charge in [-0.05, 0) is 29.8 Å². The number of nitriles is 1. The van der Waals surface area contributed by atoms with E-state index in [4.69, 9.17) is 26.8 Å². The number of nitrogens with one attached hydrogen (secondary N) is 1. The van der Waals surface area contributed by atoms with Gasteiger partial charge in [0.25, 0.3) is 0 Å². The summed E-state index contributed by atoms with van der Waals surface area (Å²) in [7, 11) is 1.42. The normalized spacial score (nSPS) is 15.4. The molecule has 0 aliphatic carbocycles. The van der Waals surface area contributed by atoms with Gasteiger partial charge in [-0.1, -0.05) is 39.7 Å². The van der Waals surface area contributed by atoms with Gasteiger partial charge in [-0.2, -0.15) is 5.26 Å². The van der Waals surface area contributed by atoms with Crippen molar-refractivity contribution in [3.63, 3.8) is 0 Å². The van der Waals surface area contributed by atoms with Crippen LogP contribution in [0.15, 0.2) is 52.3 Å². The number of hydrogen-bond acceptors (Lipinski definition) is 6. The second-order valence-electron chi connectivity index (χ2n) is 6.30. The topological polar surface area (TPSA) is 117 Å². The van der Waals surface area contributed by atoms with Crippen molar-refractivity contribution in [2.24, 2.45) is 5.73 Å². The maximum absolute atomic E-state index is 10.1. The Morgan fingerprint density at radius 1 is 1.34 bits per heavy atom. The molecular weight excluding hydrogens is 460 g/mol. The molecule has 0 amide bonds. The van der Waals surface area contributed by atoms with Crippen LogP contribution in [-0.2, 0) is 0 Å². The number of aromatic nitrogens is 2. The van der Waals surface area contributed by atoms with Crippen molar-refractivity contribution in [2.75, 3.05) is 7.11 Å². The highest BCUT2D eigenvalue weighted by molar-refractivity contribution is 9.10. The number of benzene rings is 2. The van der Waals surface area contributed by atoms with Gasteiger partial charge in [0.2, 0.25) is 11.8 Å². The predicted octanol–water partition coefficient (Wildman–Crippen LogP) is 4.42. The minimum absolute atomic E-state index is 0.0398. The number of halogens is 2. The third-order valence-corrected chi connectivity index (χ3v) is 5.49. The van der Waals surface area contributed by atoms with Crippen LogP contribution < -0.4 is 15.2 Å². The van der Waals surface area contributed by atoms with E-state index in [0.717, 1.165) is 10.0 Å². The summed E-state index contributed by atoms with van der Waals surface area (Å²) in [5.41, 5.74) is 8.99. The molecule has 3 aromatic rings. The molecule has 4 rings (SSSR count). The third-order valence-electron chi connectivity index (χ3n) is 4.68. The fraction of sp³-hybridized carbons (Fsp3) is 0.100. The standard InChI is InChI=1S/C20H14BrClN4O3/c1-28-14-7-10(6-13(22)18(14)27)15-12(8-23)19(24)29-20-16(15)17(25-26-20)9-2-4-11(21)5-3-9/h2-7,15,27H,24H2,1H3,(H,25,26). The predicted molar refractivity (Wildman–Crippen MR) is 111 cm³/mol. The fourth-order valence-corrected chi connectivity index (χ4v) is 3.81. The van der Waals surface area contributed by atoms with Crippen molar-refractivity contribution in [3.05, 3.63) is 68.5 Å². The van der Waals surface area contributed by atoms with E-state index in [1.165, 1.54) is 7.11 Å². The Balaban J connectivity index is 1.97. The molecule has 146 valence electrons. The van der Waals surface area contributed by atoms with E-state index in [9.17, 15) is 10.4 Å². The molecule has 1 atom stereocenters. The minimum Gasteiger partial charge on any atom is -0.503 e. The number of nitrogens with zero attached hydrogens (tertiary/aromatic N) is 2. The third kappa shape index (κ3) is 3.18. The molecule has 29 heavy (non-hydrogen) atoms. The Labute approximate surface area is 179 Å². The number of methoxy groups -OCH3 is 1. The summed E-state index contributed by atoms with van der Waals surface area (Å²) in [6.07, 6.45) is 0. The zero-order valence-electron chi connectivity index (χ0n) is 15.0. The number of phenols is 1. The van der Waals surface area contributed by atoms with E-state index in [-0.39, 0.29) is 33.9 Å². The zero-order valence-corrected chi connectivity index (χ0v) is 17.4. The average molecular weight is 474 g/mol. The van der Waals surface area contributed by atoms with Gasteiger partial charge in [0, 0.05) is 10.0 Å². The van der Waals surface area contributed by atoms with E-state index >= 15 is 0 Å². The van der Waals surface area contributed by atoms with Crippen LogP contribution >= 0.6 is 27.5 Å². The molecule has 0 saturated heterocycles. The average Bonchev–Trinajstić information content (AvgIpc) is 3.12. The van der Waals surface area contributed by atoms with Gasteiger partial charge in [-0.3, -0.25) is 5.10 Å². The lowest BCUT2D eigenvalue weighted by Gasteiger charge is -2.24. The molecule has 1 aromatic heterocycles. The van der Waals surface area contributed by atoms with Gasteiger partial charge in [-0.25, -0.2) is 0 Å². The van der Waals surface area contributed by atoms with Gasteiger partial charge >= 0.3 is 0 Å². The van der Waals surface area contributed by atoms with Crippen molar-refractivity contribution in [3.8, 4) is 34.7 Å². The number of fused-ring (bicyclic) bond motifs is 1. The first-order valence-electron chi connectivity index (χ1n) is 8.42. The molecular formula is C20H14BrClN4O3. The highest BCUT2D eigenvalue weighted by atomic mass is 79.9. The first-order valence-corrected chi connectivity index (χ1v) is 9.59. The Kier molecular flexibility index (Phi) is 4.86. The monoisotopic (exact) mass is 472 g/mol. The largest absolute Gasteiger partial charge is 0.503 e. The molecule has 0 spiro atoms. The number of aromatic hydroxyl groups is 1. The van der Waals surface area contributed by atoms with Crippen molar-refractivity contribution < 1.29 is 14.6 Å². The van der Waals surface area contributed by atoms with Crippen LogP contribution in [0.1, 0.15) is 17.0 Å². The first-order chi connectivity index (χ1) is 13.9. The van der Waals surface area contributed by atoms with E-state index in [1.54, 1.807) is 12.1 Å². The molecule has 7 nitrogen and oxygen atoms in total. The van der Waals surface area contributed by atoms with Gasteiger partial charge in [0.05, 0.1) is 29.3 Å². The van der Waals surface area contributed by atoms with Crippen LogP contribution in [0.3, 0.4) is 0 Å². The van der Waals surface area contributed by atoms with Crippen LogP contribution in [0.25, 0.3) is 11.3 Å². The molecule has 0 saturated carbocycles. The zero-order chi connectivity index (χ0) is 20.7. The number of H-pyrrole nitrogens is 1. The summed E-state index contributed by atoms with van der Waals surface area (Å²) >= 11 is 9.62. The molecule has 1 aliphatic rings. The molecule has 1 aliphatic heterocycles. The van der Waals surface area contributed by atoms with Crippen molar-refractivity contribution in [1.29, 1.82) is 5.26 Å². The first kappa shape index (κ1) is 19.2. The summed E-state index contributed by atoms with van der Waals surface area (Å²) in [4.78, 5) is 0. The summed E-state index contributed by atoms with van der Waals surface area (Å²) in [5, 5.41) is 27.2. The quantitative estimate of drug-likeness (QED) is 0.518. The molecule has 0 radical (unpaired) electrons. The molecule has 0 bridgehead atoms. The van der Waals surface area contributed by atoms with Gasteiger partial charge in [0.1, 0.15) is 11.6 Å². The second-order valence-corrected chi connectivity index (χ2v) is 7.63. The van der Waals surface area contributed by atoms with Crippen LogP contribution in [0.2, 0.25) is 5.02 Å². The van der Waals surface area contributed by atoms with E-state index < -0.39 is 5.92 Å². The van der Waals surface area contributed by atoms with Crippen molar-refractivity contribution >= 4 is 27.5 Å². The van der Waals surface area contributed by atoms with Gasteiger partial charge in [-0.15, -0.1) is 5.10 Å². The number of nitrogens with two attached hydrogens (primary N) is 1. The Morgan fingerprint density at radius 3 is 2.72 bits per heavy atom. The van der Waals surface area contributed by atoms with Crippen molar-refractivity contribution in [1.82, 2.24) is 10.2 Å². The lowest BCUT2D eigenvalue weighted by Crippen LogP contribution is -2.21. The minimum atomic E-state index is -0.617. The molecule has 1 unspecified atom stereocenters. The van der Waals surface area contributed by atoms with Crippen LogP contribution in [0.5, 0.6) is 17.4 Å². The van der Waals surface area contributed by atoms with Gasteiger partial charge in [0.15, 0.2) is 11.5 Å². The molecule has 0 fully saturated rings. The number of allylic oxidation sites excluding steroid dienone is 1. The van der Waals surface area contributed by atoms with Gasteiger partial charge < -0.3 is 20.3 Å². The number of ether oxygens (including phenoxy) is 2. The van der Waals surface area contributed by atoms with Crippen molar-refractivity contribution in [2.45, 2.75) is 5.92 Å². The molecule has 2 heterocycles. The highest BCUT2D eigenvalue weighted by Gasteiger charge is 2.36.